The van der Waals surface area contributed by atoms with Crippen molar-refractivity contribution in [2.24, 2.45) is 0 Å². The molecule has 0 aromatic carbocycles. The van der Waals surface area contributed by atoms with Crippen molar-refractivity contribution in [1.29, 1.82) is 0 Å². The van der Waals surface area contributed by atoms with Gasteiger partial charge >= 0.3 is 5.63 Å². The highest BCUT2D eigenvalue weighted by molar-refractivity contribution is 5.79. The van der Waals surface area contributed by atoms with Crippen LogP contribution in [0.1, 0.15) is 25.0 Å². The number of pyridine rings is 1. The van der Waals surface area contributed by atoms with E-state index in [1.165, 1.54) is 0 Å². The molecule has 0 N–H and O–H groups in total. The van der Waals surface area contributed by atoms with Gasteiger partial charge in [-0.2, -0.15) is 0 Å². The second-order valence-electron chi connectivity index (χ2n) is 3.96. The lowest BCUT2D eigenvalue weighted by Gasteiger charge is -2.01. The molecule has 3 nitrogen and oxygen atoms in total. The first-order valence-corrected chi connectivity index (χ1v) is 5.43. The Hall–Kier alpha value is -1.90. The van der Waals surface area contributed by atoms with Gasteiger partial charge < -0.3 is 4.42 Å². The highest BCUT2D eigenvalue weighted by Gasteiger charge is 2.12. The number of hydrogen-bond acceptors (Lipinski definition) is 3. The van der Waals surface area contributed by atoms with Crippen molar-refractivity contribution in [3.63, 3.8) is 0 Å². The monoisotopic (exact) mass is 213 g/mol. The van der Waals surface area contributed by atoms with E-state index in [4.69, 9.17) is 4.42 Å². The van der Waals surface area contributed by atoms with Crippen molar-refractivity contribution in [1.82, 2.24) is 4.98 Å². The average Bonchev–Trinajstić information content (AvgIpc) is 2.82. The SMILES string of the molecule is O=c1oc(C2=CCCC2)cc2ncccc12. The van der Waals surface area contributed by atoms with Crippen LogP contribution in [-0.2, 0) is 0 Å². The van der Waals surface area contributed by atoms with Crippen LogP contribution >= 0.6 is 0 Å². The second-order valence-corrected chi connectivity index (χ2v) is 3.96. The predicted molar refractivity (Wildman–Crippen MR) is 62.1 cm³/mol. The molecular weight excluding hydrogens is 202 g/mol. The molecule has 2 aromatic heterocycles. The van der Waals surface area contributed by atoms with Gasteiger partial charge in [0, 0.05) is 12.3 Å². The molecule has 2 aromatic rings. The van der Waals surface area contributed by atoms with Crippen molar-refractivity contribution in [2.45, 2.75) is 19.3 Å². The molecule has 0 saturated carbocycles. The normalized spacial score (nSPS) is 15.4. The average molecular weight is 213 g/mol. The Bertz CT molecular complexity index is 625. The van der Waals surface area contributed by atoms with Gasteiger partial charge in [-0.05, 0) is 37.0 Å². The molecule has 80 valence electrons. The molecule has 0 fully saturated rings. The van der Waals surface area contributed by atoms with Gasteiger partial charge in [-0.15, -0.1) is 0 Å². The fourth-order valence-electron chi connectivity index (χ4n) is 2.07. The molecule has 3 rings (SSSR count). The number of nitrogens with zero attached hydrogens (tertiary/aromatic N) is 1. The predicted octanol–water partition coefficient (Wildman–Crippen LogP) is 2.76. The third-order valence-corrected chi connectivity index (χ3v) is 2.89. The topological polar surface area (TPSA) is 43.1 Å². The second kappa shape index (κ2) is 3.59. The zero-order valence-corrected chi connectivity index (χ0v) is 8.77. The molecule has 0 bridgehead atoms. The van der Waals surface area contributed by atoms with Crippen LogP contribution in [0.3, 0.4) is 0 Å². The summed E-state index contributed by atoms with van der Waals surface area (Å²) in [4.78, 5) is 15.9. The molecule has 0 radical (unpaired) electrons. The maximum absolute atomic E-state index is 11.7. The third kappa shape index (κ3) is 1.45. The van der Waals surface area contributed by atoms with E-state index in [0.29, 0.717) is 16.7 Å². The van der Waals surface area contributed by atoms with Gasteiger partial charge in [0.15, 0.2) is 0 Å². The minimum Gasteiger partial charge on any atom is -0.423 e. The molecule has 0 unspecified atom stereocenters. The van der Waals surface area contributed by atoms with Crippen LogP contribution in [0.5, 0.6) is 0 Å². The van der Waals surface area contributed by atoms with Crippen LogP contribution in [0.4, 0.5) is 0 Å². The van der Waals surface area contributed by atoms with Gasteiger partial charge in [-0.25, -0.2) is 4.79 Å². The van der Waals surface area contributed by atoms with E-state index in [1.54, 1.807) is 18.3 Å². The van der Waals surface area contributed by atoms with Gasteiger partial charge in [0.25, 0.3) is 0 Å². The van der Waals surface area contributed by atoms with E-state index >= 15 is 0 Å². The lowest BCUT2D eigenvalue weighted by Crippen LogP contribution is -2.02. The van der Waals surface area contributed by atoms with Crippen molar-refractivity contribution in [3.05, 3.63) is 46.7 Å². The molecular formula is C13H11NO2. The minimum absolute atomic E-state index is 0.298. The van der Waals surface area contributed by atoms with Gasteiger partial charge in [0.1, 0.15) is 5.76 Å². The quantitative estimate of drug-likeness (QED) is 0.731. The molecule has 0 saturated heterocycles. The van der Waals surface area contributed by atoms with Crippen LogP contribution in [0.25, 0.3) is 16.5 Å². The van der Waals surface area contributed by atoms with Gasteiger partial charge in [-0.1, -0.05) is 6.08 Å². The molecule has 1 aliphatic rings. The number of aromatic nitrogens is 1. The Labute approximate surface area is 92.4 Å². The molecule has 3 heteroatoms. The van der Waals surface area contributed by atoms with E-state index in [9.17, 15) is 4.79 Å². The lowest BCUT2D eigenvalue weighted by molar-refractivity contribution is 0.504. The van der Waals surface area contributed by atoms with E-state index in [0.717, 1.165) is 24.8 Å². The summed E-state index contributed by atoms with van der Waals surface area (Å²) in [6.07, 6.45) is 7.02. The largest absolute Gasteiger partial charge is 0.423 e. The van der Waals surface area contributed by atoms with Crippen LogP contribution in [0, 0.1) is 0 Å². The molecule has 0 spiro atoms. The molecule has 2 heterocycles. The van der Waals surface area contributed by atoms with Crippen LogP contribution in [0.15, 0.2) is 39.7 Å². The van der Waals surface area contributed by atoms with Crippen LogP contribution in [-0.4, -0.2) is 4.98 Å². The van der Waals surface area contributed by atoms with Gasteiger partial charge in [0.05, 0.1) is 10.9 Å². The molecule has 0 atom stereocenters. The van der Waals surface area contributed by atoms with E-state index < -0.39 is 0 Å². The number of rotatable bonds is 1. The van der Waals surface area contributed by atoms with Gasteiger partial charge in [-0.3, -0.25) is 4.98 Å². The molecule has 0 amide bonds. The first-order valence-electron chi connectivity index (χ1n) is 5.43. The standard InChI is InChI=1S/C13H11NO2/c15-13-10-6-3-7-14-11(10)8-12(16-13)9-4-1-2-5-9/h3-4,6-8H,1-2,5H2. The summed E-state index contributed by atoms with van der Waals surface area (Å²) in [5, 5.41) is 0.546. The Balaban J connectivity index is 2.25. The minimum atomic E-state index is -0.298. The molecule has 16 heavy (non-hydrogen) atoms. The number of hydrogen-bond donors (Lipinski definition) is 0. The zero-order valence-electron chi connectivity index (χ0n) is 8.77. The van der Waals surface area contributed by atoms with Crippen molar-refractivity contribution >= 4 is 16.5 Å². The Kier molecular flexibility index (Phi) is 2.10. The van der Waals surface area contributed by atoms with E-state index in [-0.39, 0.29) is 5.63 Å². The maximum Gasteiger partial charge on any atom is 0.345 e. The van der Waals surface area contributed by atoms with Crippen molar-refractivity contribution in [2.75, 3.05) is 0 Å². The number of fused-ring (bicyclic) bond motifs is 1. The third-order valence-electron chi connectivity index (χ3n) is 2.89. The van der Waals surface area contributed by atoms with Crippen molar-refractivity contribution in [3.8, 4) is 0 Å². The smallest absolute Gasteiger partial charge is 0.345 e. The highest BCUT2D eigenvalue weighted by Crippen LogP contribution is 2.27. The molecule has 1 aliphatic carbocycles. The Morgan fingerprint density at radius 3 is 3.12 bits per heavy atom. The first-order chi connectivity index (χ1) is 7.84. The van der Waals surface area contributed by atoms with Gasteiger partial charge in [0.2, 0.25) is 0 Å². The summed E-state index contributed by atoms with van der Waals surface area (Å²) >= 11 is 0. The van der Waals surface area contributed by atoms with E-state index in [2.05, 4.69) is 11.1 Å². The first kappa shape index (κ1) is 9.33. The summed E-state index contributed by atoms with van der Waals surface area (Å²) in [6.45, 7) is 0. The zero-order chi connectivity index (χ0) is 11.0. The summed E-state index contributed by atoms with van der Waals surface area (Å²) in [5.74, 6) is 0.675. The maximum atomic E-state index is 11.7. The number of allylic oxidation sites excluding steroid dienone is 2. The van der Waals surface area contributed by atoms with Crippen LogP contribution < -0.4 is 5.63 Å². The Morgan fingerprint density at radius 2 is 2.31 bits per heavy atom. The Morgan fingerprint density at radius 1 is 1.38 bits per heavy atom. The summed E-state index contributed by atoms with van der Waals surface area (Å²) in [6, 6.07) is 5.34. The summed E-state index contributed by atoms with van der Waals surface area (Å²) in [7, 11) is 0. The van der Waals surface area contributed by atoms with E-state index in [1.807, 2.05) is 6.07 Å². The summed E-state index contributed by atoms with van der Waals surface area (Å²) < 4.78 is 5.31. The fraction of sp³-hybridized carbons (Fsp3) is 0.231. The summed E-state index contributed by atoms with van der Waals surface area (Å²) in [5.41, 5.74) is 1.54. The molecule has 0 aliphatic heterocycles. The van der Waals surface area contributed by atoms with Crippen molar-refractivity contribution < 1.29 is 4.42 Å². The lowest BCUT2D eigenvalue weighted by atomic mass is 10.1. The fourth-order valence-corrected chi connectivity index (χ4v) is 2.07. The van der Waals surface area contributed by atoms with Crippen LogP contribution in [0.2, 0.25) is 0 Å². The highest BCUT2D eigenvalue weighted by atomic mass is 16.4.